The SMILES string of the molecule is Clc1ccc(N=Nc2ccccc2NCc2ccccn2)cc1. The summed E-state index contributed by atoms with van der Waals surface area (Å²) in [7, 11) is 0. The third-order valence-electron chi connectivity index (χ3n) is 3.19. The molecule has 0 saturated carbocycles. The highest BCUT2D eigenvalue weighted by Crippen LogP contribution is 2.27. The Morgan fingerprint density at radius 3 is 2.43 bits per heavy atom. The van der Waals surface area contributed by atoms with E-state index < -0.39 is 0 Å². The summed E-state index contributed by atoms with van der Waals surface area (Å²) in [5.74, 6) is 0. The number of benzene rings is 2. The lowest BCUT2D eigenvalue weighted by Gasteiger charge is -2.08. The number of nitrogens with one attached hydrogen (secondary N) is 1. The van der Waals surface area contributed by atoms with E-state index in [1.807, 2.05) is 54.6 Å². The quantitative estimate of drug-likeness (QED) is 0.607. The van der Waals surface area contributed by atoms with E-state index in [2.05, 4.69) is 20.5 Å². The van der Waals surface area contributed by atoms with Crippen molar-refractivity contribution in [2.24, 2.45) is 10.2 Å². The molecule has 0 fully saturated rings. The third-order valence-corrected chi connectivity index (χ3v) is 3.44. The van der Waals surface area contributed by atoms with Gasteiger partial charge in [-0.3, -0.25) is 4.98 Å². The van der Waals surface area contributed by atoms with E-state index in [0.717, 1.165) is 22.8 Å². The van der Waals surface area contributed by atoms with Gasteiger partial charge in [-0.1, -0.05) is 29.8 Å². The lowest BCUT2D eigenvalue weighted by molar-refractivity contribution is 1.04. The van der Waals surface area contributed by atoms with E-state index in [9.17, 15) is 0 Å². The Bertz CT molecular complexity index is 786. The van der Waals surface area contributed by atoms with Crippen molar-refractivity contribution in [2.75, 3.05) is 5.32 Å². The number of nitrogens with zero attached hydrogens (tertiary/aromatic N) is 3. The summed E-state index contributed by atoms with van der Waals surface area (Å²) in [6, 6.07) is 20.9. The molecule has 5 heteroatoms. The van der Waals surface area contributed by atoms with Crippen molar-refractivity contribution in [1.82, 2.24) is 4.98 Å². The Morgan fingerprint density at radius 1 is 0.870 bits per heavy atom. The fourth-order valence-electron chi connectivity index (χ4n) is 2.02. The number of anilines is 1. The minimum Gasteiger partial charge on any atom is -0.378 e. The molecule has 3 aromatic rings. The summed E-state index contributed by atoms with van der Waals surface area (Å²) in [4.78, 5) is 4.30. The molecule has 0 spiro atoms. The Hall–Kier alpha value is -2.72. The molecule has 4 nitrogen and oxygen atoms in total. The van der Waals surface area contributed by atoms with Crippen molar-refractivity contribution in [2.45, 2.75) is 6.54 Å². The van der Waals surface area contributed by atoms with E-state index in [-0.39, 0.29) is 0 Å². The predicted molar refractivity (Wildman–Crippen MR) is 93.6 cm³/mol. The smallest absolute Gasteiger partial charge is 0.109 e. The monoisotopic (exact) mass is 322 g/mol. The van der Waals surface area contributed by atoms with Gasteiger partial charge in [-0.25, -0.2) is 0 Å². The molecule has 0 aliphatic rings. The van der Waals surface area contributed by atoms with Gasteiger partial charge in [-0.15, -0.1) is 5.11 Å². The minimum absolute atomic E-state index is 0.633. The average molecular weight is 323 g/mol. The lowest BCUT2D eigenvalue weighted by atomic mass is 10.2. The van der Waals surface area contributed by atoms with Crippen molar-refractivity contribution in [1.29, 1.82) is 0 Å². The summed E-state index contributed by atoms with van der Waals surface area (Å²) in [5.41, 5.74) is 3.42. The summed E-state index contributed by atoms with van der Waals surface area (Å²) in [6.07, 6.45) is 1.78. The molecular formula is C18H15ClN4. The molecule has 3 rings (SSSR count). The second-order valence-corrected chi connectivity index (χ2v) is 5.30. The highest BCUT2D eigenvalue weighted by molar-refractivity contribution is 6.30. The van der Waals surface area contributed by atoms with Gasteiger partial charge in [0.2, 0.25) is 0 Å². The van der Waals surface area contributed by atoms with E-state index in [0.29, 0.717) is 11.6 Å². The first-order valence-corrected chi connectivity index (χ1v) is 7.59. The maximum absolute atomic E-state index is 5.87. The standard InChI is InChI=1S/C18H15ClN4/c19-14-8-10-15(11-9-14)22-23-18-7-2-1-6-17(18)21-13-16-5-3-4-12-20-16/h1-12,21H,13H2. The number of halogens is 1. The first kappa shape index (κ1) is 15.2. The number of aromatic nitrogens is 1. The number of hydrogen-bond donors (Lipinski definition) is 1. The molecule has 0 atom stereocenters. The van der Waals surface area contributed by atoms with E-state index in [1.165, 1.54) is 0 Å². The topological polar surface area (TPSA) is 49.6 Å². The minimum atomic E-state index is 0.633. The fraction of sp³-hybridized carbons (Fsp3) is 0.0556. The van der Waals surface area contributed by atoms with Gasteiger partial charge in [0.1, 0.15) is 5.69 Å². The molecular weight excluding hydrogens is 308 g/mol. The molecule has 114 valence electrons. The normalized spacial score (nSPS) is 10.8. The molecule has 0 unspecified atom stereocenters. The van der Waals surface area contributed by atoms with Crippen LogP contribution >= 0.6 is 11.6 Å². The number of hydrogen-bond acceptors (Lipinski definition) is 4. The summed E-state index contributed by atoms with van der Waals surface area (Å²) >= 11 is 5.87. The van der Waals surface area contributed by atoms with Gasteiger partial charge in [0.25, 0.3) is 0 Å². The Kier molecular flexibility index (Phi) is 4.96. The maximum atomic E-state index is 5.87. The van der Waals surface area contributed by atoms with Crippen molar-refractivity contribution >= 4 is 28.7 Å². The molecule has 0 radical (unpaired) electrons. The van der Waals surface area contributed by atoms with Gasteiger partial charge in [0, 0.05) is 11.2 Å². The van der Waals surface area contributed by atoms with Crippen LogP contribution in [0.3, 0.4) is 0 Å². The fourth-order valence-corrected chi connectivity index (χ4v) is 2.14. The van der Waals surface area contributed by atoms with Gasteiger partial charge < -0.3 is 5.32 Å². The molecule has 0 aliphatic carbocycles. The highest BCUT2D eigenvalue weighted by atomic mass is 35.5. The van der Waals surface area contributed by atoms with Crippen LogP contribution in [0.25, 0.3) is 0 Å². The van der Waals surface area contributed by atoms with Crippen molar-refractivity contribution in [3.63, 3.8) is 0 Å². The van der Waals surface area contributed by atoms with Crippen LogP contribution in [-0.2, 0) is 6.54 Å². The van der Waals surface area contributed by atoms with Crippen LogP contribution in [0.4, 0.5) is 17.1 Å². The van der Waals surface area contributed by atoms with Crippen LogP contribution in [0.1, 0.15) is 5.69 Å². The number of para-hydroxylation sites is 1. The van der Waals surface area contributed by atoms with Gasteiger partial charge in [-0.05, 0) is 48.5 Å². The Balaban J connectivity index is 1.73. The van der Waals surface area contributed by atoms with Crippen LogP contribution in [0.15, 0.2) is 83.2 Å². The molecule has 0 aliphatic heterocycles. The zero-order valence-electron chi connectivity index (χ0n) is 12.4. The zero-order chi connectivity index (χ0) is 15.9. The first-order chi connectivity index (χ1) is 11.3. The molecule has 23 heavy (non-hydrogen) atoms. The van der Waals surface area contributed by atoms with Gasteiger partial charge >= 0.3 is 0 Å². The molecule has 0 amide bonds. The van der Waals surface area contributed by atoms with E-state index in [4.69, 9.17) is 11.6 Å². The van der Waals surface area contributed by atoms with Crippen LogP contribution in [0, 0.1) is 0 Å². The molecule has 1 aromatic heterocycles. The summed E-state index contributed by atoms with van der Waals surface area (Å²) in [5, 5.41) is 12.6. The number of rotatable bonds is 5. The maximum Gasteiger partial charge on any atom is 0.109 e. The van der Waals surface area contributed by atoms with Crippen LogP contribution in [0.2, 0.25) is 5.02 Å². The van der Waals surface area contributed by atoms with Crippen LogP contribution < -0.4 is 5.32 Å². The van der Waals surface area contributed by atoms with Gasteiger partial charge in [0.15, 0.2) is 0 Å². The molecule has 0 saturated heterocycles. The van der Waals surface area contributed by atoms with E-state index >= 15 is 0 Å². The van der Waals surface area contributed by atoms with Crippen molar-refractivity contribution in [3.05, 3.63) is 83.6 Å². The van der Waals surface area contributed by atoms with E-state index in [1.54, 1.807) is 18.3 Å². The largest absolute Gasteiger partial charge is 0.378 e. The zero-order valence-corrected chi connectivity index (χ0v) is 13.1. The molecule has 1 N–H and O–H groups in total. The average Bonchev–Trinajstić information content (AvgIpc) is 2.61. The lowest BCUT2D eigenvalue weighted by Crippen LogP contribution is -2.01. The summed E-state index contributed by atoms with van der Waals surface area (Å²) in [6.45, 7) is 0.633. The Morgan fingerprint density at radius 2 is 1.65 bits per heavy atom. The van der Waals surface area contributed by atoms with Gasteiger partial charge in [0.05, 0.1) is 23.6 Å². The molecule has 0 bridgehead atoms. The van der Waals surface area contributed by atoms with Crippen LogP contribution in [-0.4, -0.2) is 4.98 Å². The second-order valence-electron chi connectivity index (χ2n) is 4.87. The number of azo groups is 1. The van der Waals surface area contributed by atoms with Gasteiger partial charge in [-0.2, -0.15) is 5.11 Å². The van der Waals surface area contributed by atoms with Crippen molar-refractivity contribution < 1.29 is 0 Å². The van der Waals surface area contributed by atoms with Crippen molar-refractivity contribution in [3.8, 4) is 0 Å². The summed E-state index contributed by atoms with van der Waals surface area (Å²) < 4.78 is 0. The predicted octanol–water partition coefficient (Wildman–Crippen LogP) is 5.76. The van der Waals surface area contributed by atoms with Crippen LogP contribution in [0.5, 0.6) is 0 Å². The second kappa shape index (κ2) is 7.51. The Labute approximate surface area is 139 Å². The molecule has 1 heterocycles. The third kappa shape index (κ3) is 4.37. The molecule has 2 aromatic carbocycles. The number of pyridine rings is 1. The highest BCUT2D eigenvalue weighted by Gasteiger charge is 2.01. The first-order valence-electron chi connectivity index (χ1n) is 7.21.